The highest BCUT2D eigenvalue weighted by Gasteiger charge is 2.26. The zero-order valence-corrected chi connectivity index (χ0v) is 27.1. The van der Waals surface area contributed by atoms with Gasteiger partial charge in [0.05, 0.1) is 12.0 Å². The maximum absolute atomic E-state index is 12.3. The quantitative estimate of drug-likeness (QED) is 0.190. The van der Waals surface area contributed by atoms with Crippen molar-refractivity contribution in [2.24, 2.45) is 0 Å². The summed E-state index contributed by atoms with van der Waals surface area (Å²) in [7, 11) is 1.68. The molecule has 0 spiro atoms. The van der Waals surface area contributed by atoms with E-state index in [9.17, 15) is 4.79 Å². The smallest absolute Gasteiger partial charge is 0.410 e. The third kappa shape index (κ3) is 7.56. The molecule has 1 aromatic heterocycles. The summed E-state index contributed by atoms with van der Waals surface area (Å²) in [5, 5.41) is 1.04. The van der Waals surface area contributed by atoms with Crippen LogP contribution in [0.5, 0.6) is 23.0 Å². The molecule has 0 aliphatic carbocycles. The molecule has 5 rings (SSSR count). The van der Waals surface area contributed by atoms with E-state index in [4.69, 9.17) is 18.9 Å². The van der Waals surface area contributed by atoms with Crippen molar-refractivity contribution in [2.45, 2.75) is 39.4 Å². The molecule has 0 radical (unpaired) electrons. The molecular weight excluding hydrogens is 616 g/mol. The van der Waals surface area contributed by atoms with Crippen molar-refractivity contribution in [3.8, 4) is 33.4 Å². The highest BCUT2D eigenvalue weighted by atomic mass is 79.9. The van der Waals surface area contributed by atoms with Gasteiger partial charge < -0.3 is 23.8 Å². The Balaban J connectivity index is 1.22. The summed E-state index contributed by atoms with van der Waals surface area (Å²) >= 11 is 5.22. The zero-order valence-electron chi connectivity index (χ0n) is 24.7. The van der Waals surface area contributed by atoms with Crippen molar-refractivity contribution in [3.63, 3.8) is 0 Å². The first kappa shape index (κ1) is 30.2. The molecule has 42 heavy (non-hydrogen) atoms. The first-order chi connectivity index (χ1) is 20.1. The number of carbonyl (C=O) groups is 1. The van der Waals surface area contributed by atoms with Gasteiger partial charge in [-0.3, -0.25) is 4.90 Å². The van der Waals surface area contributed by atoms with Gasteiger partial charge in [0.25, 0.3) is 0 Å². The van der Waals surface area contributed by atoms with Crippen LogP contribution in [0.2, 0.25) is 0 Å². The van der Waals surface area contributed by atoms with Gasteiger partial charge in [-0.2, -0.15) is 0 Å². The molecule has 0 bridgehead atoms. The maximum atomic E-state index is 12.3. The Kier molecular flexibility index (Phi) is 9.30. The maximum Gasteiger partial charge on any atom is 0.410 e. The number of rotatable bonds is 8. The summed E-state index contributed by atoms with van der Waals surface area (Å²) in [6.07, 6.45) is -0.252. The summed E-state index contributed by atoms with van der Waals surface area (Å²) in [5.41, 5.74) is 0.610. The Morgan fingerprint density at radius 2 is 1.57 bits per heavy atom. The summed E-state index contributed by atoms with van der Waals surface area (Å²) in [6.45, 7) is 11.4. The lowest BCUT2D eigenvalue weighted by atomic mass is 10.1. The Morgan fingerprint density at radius 1 is 0.929 bits per heavy atom. The molecule has 1 aliphatic rings. The Labute approximate surface area is 260 Å². The molecule has 1 aliphatic heterocycles. The van der Waals surface area contributed by atoms with Crippen molar-refractivity contribution in [1.29, 1.82) is 0 Å². The lowest BCUT2D eigenvalue weighted by Gasteiger charge is -2.36. The summed E-state index contributed by atoms with van der Waals surface area (Å²) in [6, 6.07) is 22.1. The molecule has 0 unspecified atom stereocenters. The number of carbonyl (C=O) groups excluding carboxylic acids is 1. The molecular formula is C33H37BrN2O5S. The van der Waals surface area contributed by atoms with Gasteiger partial charge in [0.2, 0.25) is 0 Å². The summed E-state index contributed by atoms with van der Waals surface area (Å²) in [4.78, 5) is 17.5. The second-order valence-electron chi connectivity index (χ2n) is 11.4. The molecule has 0 N–H and O–H groups in total. The van der Waals surface area contributed by atoms with Crippen LogP contribution < -0.4 is 14.2 Å². The largest absolute Gasteiger partial charge is 0.497 e. The van der Waals surface area contributed by atoms with E-state index >= 15 is 0 Å². The van der Waals surface area contributed by atoms with Crippen molar-refractivity contribution < 1.29 is 23.7 Å². The number of methoxy groups -OCH3 is 1. The fraction of sp³-hybridized carbons (Fsp3) is 0.364. The van der Waals surface area contributed by atoms with Crippen LogP contribution in [-0.2, 0) is 4.74 Å². The lowest BCUT2D eigenvalue weighted by Crippen LogP contribution is -2.51. The second kappa shape index (κ2) is 12.9. The van der Waals surface area contributed by atoms with Crippen LogP contribution in [0.3, 0.4) is 0 Å². The molecule has 222 valence electrons. The first-order valence-electron chi connectivity index (χ1n) is 14.1. The van der Waals surface area contributed by atoms with Crippen molar-refractivity contribution in [2.75, 3.05) is 39.8 Å². The summed E-state index contributed by atoms with van der Waals surface area (Å²) < 4.78 is 25.8. The molecule has 0 saturated carbocycles. The van der Waals surface area contributed by atoms with Crippen LogP contribution in [-0.4, -0.2) is 67.4 Å². The normalized spacial score (nSPS) is 15.0. The third-order valence-corrected chi connectivity index (χ3v) is 8.59. The Morgan fingerprint density at radius 3 is 2.21 bits per heavy atom. The number of nitrogens with zero attached hydrogens (tertiary/aromatic N) is 2. The Hall–Kier alpha value is -3.27. The zero-order chi connectivity index (χ0) is 29.9. The third-order valence-electron chi connectivity index (χ3n) is 6.88. The van der Waals surface area contributed by atoms with Gasteiger partial charge in [0.15, 0.2) is 5.75 Å². The van der Waals surface area contributed by atoms with E-state index in [2.05, 4.69) is 46.0 Å². The van der Waals surface area contributed by atoms with Gasteiger partial charge in [-0.1, -0.05) is 28.1 Å². The first-order valence-corrected chi connectivity index (χ1v) is 15.7. The van der Waals surface area contributed by atoms with E-state index in [1.54, 1.807) is 23.3 Å². The second-order valence-corrected chi connectivity index (χ2v) is 13.4. The monoisotopic (exact) mass is 652 g/mol. The minimum Gasteiger partial charge on any atom is -0.497 e. The fourth-order valence-electron chi connectivity index (χ4n) is 4.85. The van der Waals surface area contributed by atoms with Crippen LogP contribution in [0.15, 0.2) is 71.2 Å². The molecule has 1 atom stereocenters. The van der Waals surface area contributed by atoms with Gasteiger partial charge in [0, 0.05) is 47.3 Å². The number of ether oxygens (including phenoxy) is 4. The number of thiophene rings is 1. The molecule has 7 nitrogen and oxygen atoms in total. The number of fused-ring (bicyclic) bond motifs is 1. The van der Waals surface area contributed by atoms with Crippen LogP contribution in [0.25, 0.3) is 20.5 Å². The van der Waals surface area contributed by atoms with Crippen molar-refractivity contribution >= 4 is 43.4 Å². The number of hydrogen-bond acceptors (Lipinski definition) is 7. The van der Waals surface area contributed by atoms with E-state index in [1.807, 2.05) is 69.3 Å². The van der Waals surface area contributed by atoms with Crippen molar-refractivity contribution in [1.82, 2.24) is 9.80 Å². The minimum absolute atomic E-state index is 0.00958. The predicted octanol–water partition coefficient (Wildman–Crippen LogP) is 8.45. The molecule has 4 aromatic rings. The minimum atomic E-state index is -0.482. The predicted molar refractivity (Wildman–Crippen MR) is 172 cm³/mol. The van der Waals surface area contributed by atoms with Crippen LogP contribution in [0, 0.1) is 0 Å². The van der Waals surface area contributed by atoms with Crippen LogP contribution in [0.1, 0.15) is 27.7 Å². The molecule has 9 heteroatoms. The molecule has 1 amide bonds. The van der Waals surface area contributed by atoms with Crippen LogP contribution >= 0.6 is 27.3 Å². The number of hydrogen-bond donors (Lipinski definition) is 0. The average Bonchev–Trinajstić information content (AvgIpc) is 3.31. The topological polar surface area (TPSA) is 60.5 Å². The van der Waals surface area contributed by atoms with Gasteiger partial charge in [-0.25, -0.2) is 4.79 Å². The number of piperazine rings is 1. The van der Waals surface area contributed by atoms with Gasteiger partial charge in [0.1, 0.15) is 29.0 Å². The molecule has 1 fully saturated rings. The van der Waals surface area contributed by atoms with Gasteiger partial charge in [-0.15, -0.1) is 11.3 Å². The number of benzene rings is 3. The lowest BCUT2D eigenvalue weighted by molar-refractivity contribution is 0.0118. The highest BCUT2D eigenvalue weighted by Crippen LogP contribution is 2.47. The molecule has 2 heterocycles. The van der Waals surface area contributed by atoms with E-state index in [1.165, 1.54) is 0 Å². The number of halogens is 1. The molecule has 1 saturated heterocycles. The number of amides is 1. The highest BCUT2D eigenvalue weighted by molar-refractivity contribution is 9.10. The Bertz CT molecular complexity index is 1510. The molecule has 3 aromatic carbocycles. The fourth-order valence-corrected chi connectivity index (χ4v) is 6.28. The van der Waals surface area contributed by atoms with Crippen molar-refractivity contribution in [3.05, 3.63) is 71.2 Å². The van der Waals surface area contributed by atoms with E-state index in [-0.39, 0.29) is 12.2 Å². The standard InChI is InChI=1S/C33H37BrN2O5S/c1-22(21-35-16-18-36(19-17-35)32(37)41-33(2,3)4)39-25-10-12-26(13-11-25)40-30-28-15-14-27(38-5)20-29(28)42-31(30)23-6-8-24(34)9-7-23/h6-15,20,22H,16-19,21H2,1-5H3/t22-/m0/s1. The van der Waals surface area contributed by atoms with Crippen LogP contribution in [0.4, 0.5) is 4.79 Å². The SMILES string of the molecule is COc1ccc2c(Oc3ccc(O[C@@H](C)CN4CCN(C(=O)OC(C)(C)C)CC4)cc3)c(-c3ccc(Br)cc3)sc2c1. The van der Waals surface area contributed by atoms with Gasteiger partial charge >= 0.3 is 6.09 Å². The van der Waals surface area contributed by atoms with E-state index in [0.29, 0.717) is 13.1 Å². The van der Waals surface area contributed by atoms with Gasteiger partial charge in [-0.05, 0) is 87.9 Å². The summed E-state index contributed by atoms with van der Waals surface area (Å²) in [5.74, 6) is 3.17. The van der Waals surface area contributed by atoms with E-state index in [0.717, 1.165) is 67.6 Å². The van der Waals surface area contributed by atoms with E-state index < -0.39 is 5.60 Å². The average molecular weight is 654 g/mol.